The molecule has 0 unspecified atom stereocenters. The average molecular weight is 279 g/mol. The smallest absolute Gasteiger partial charge is 0.255 e. The second kappa shape index (κ2) is 5.68. The summed E-state index contributed by atoms with van der Waals surface area (Å²) in [4.78, 5) is 20.6. The van der Waals surface area contributed by atoms with Crippen molar-refractivity contribution in [3.05, 3.63) is 66.0 Å². The molecule has 104 valence electrons. The third-order valence-corrected chi connectivity index (χ3v) is 3.10. The van der Waals surface area contributed by atoms with E-state index < -0.39 is 0 Å². The first kappa shape index (κ1) is 13.2. The molecule has 0 aliphatic carbocycles. The van der Waals surface area contributed by atoms with Crippen LogP contribution in [-0.2, 0) is 6.61 Å². The predicted molar refractivity (Wildman–Crippen MR) is 79.9 cm³/mol. The van der Waals surface area contributed by atoms with Crippen molar-refractivity contribution < 1.29 is 9.90 Å². The molecule has 0 fully saturated rings. The van der Waals surface area contributed by atoms with Crippen LogP contribution in [0.1, 0.15) is 15.9 Å². The quantitative estimate of drug-likeness (QED) is 0.772. The second-order valence-electron chi connectivity index (χ2n) is 4.57. The third kappa shape index (κ3) is 2.88. The van der Waals surface area contributed by atoms with Crippen molar-refractivity contribution in [1.82, 2.24) is 9.97 Å². The maximum atomic E-state index is 12.2. The van der Waals surface area contributed by atoms with Gasteiger partial charge >= 0.3 is 0 Å². The first-order valence-electron chi connectivity index (χ1n) is 6.48. The van der Waals surface area contributed by atoms with E-state index in [9.17, 15) is 4.79 Å². The summed E-state index contributed by atoms with van der Waals surface area (Å²) in [6, 6.07) is 12.3. The Balaban J connectivity index is 1.86. The first-order valence-corrected chi connectivity index (χ1v) is 6.48. The molecule has 1 heterocycles. The Morgan fingerprint density at radius 3 is 2.67 bits per heavy atom. The van der Waals surface area contributed by atoms with Gasteiger partial charge in [-0.25, -0.2) is 0 Å². The van der Waals surface area contributed by atoms with E-state index >= 15 is 0 Å². The molecule has 3 aromatic rings. The molecule has 0 saturated heterocycles. The summed E-state index contributed by atoms with van der Waals surface area (Å²) in [5.74, 6) is -0.224. The highest BCUT2D eigenvalue weighted by Crippen LogP contribution is 2.15. The lowest BCUT2D eigenvalue weighted by Crippen LogP contribution is -2.12. The van der Waals surface area contributed by atoms with Crippen LogP contribution in [0.2, 0.25) is 0 Å². The van der Waals surface area contributed by atoms with E-state index in [1.807, 2.05) is 0 Å². The van der Waals surface area contributed by atoms with Gasteiger partial charge in [-0.15, -0.1) is 0 Å². The van der Waals surface area contributed by atoms with Gasteiger partial charge in [-0.3, -0.25) is 14.8 Å². The van der Waals surface area contributed by atoms with Gasteiger partial charge in [-0.1, -0.05) is 12.1 Å². The molecule has 3 rings (SSSR count). The van der Waals surface area contributed by atoms with Crippen molar-refractivity contribution in [2.24, 2.45) is 0 Å². The number of amides is 1. The Bertz CT molecular complexity index is 802. The molecule has 0 spiro atoms. The summed E-state index contributed by atoms with van der Waals surface area (Å²) < 4.78 is 0. The predicted octanol–water partition coefficient (Wildman–Crippen LogP) is 2.37. The average Bonchev–Trinajstić information content (AvgIpc) is 2.54. The largest absolute Gasteiger partial charge is 0.392 e. The SMILES string of the molecule is O=C(Nc1cccc(CO)c1)c1ccc2nccnc2c1. The Kier molecular flexibility index (Phi) is 3.57. The first-order chi connectivity index (χ1) is 10.3. The number of aliphatic hydroxyl groups excluding tert-OH is 1. The van der Waals surface area contributed by atoms with Gasteiger partial charge in [0.2, 0.25) is 0 Å². The topological polar surface area (TPSA) is 75.1 Å². The summed E-state index contributed by atoms with van der Waals surface area (Å²) in [5.41, 5.74) is 3.32. The van der Waals surface area contributed by atoms with Crippen molar-refractivity contribution in [3.63, 3.8) is 0 Å². The number of anilines is 1. The van der Waals surface area contributed by atoms with Gasteiger partial charge < -0.3 is 10.4 Å². The minimum Gasteiger partial charge on any atom is -0.392 e. The van der Waals surface area contributed by atoms with Crippen molar-refractivity contribution in [2.75, 3.05) is 5.32 Å². The maximum Gasteiger partial charge on any atom is 0.255 e. The number of aromatic nitrogens is 2. The van der Waals surface area contributed by atoms with Crippen LogP contribution in [0.3, 0.4) is 0 Å². The molecular weight excluding hydrogens is 266 g/mol. The number of hydrogen-bond donors (Lipinski definition) is 2. The Hall–Kier alpha value is -2.79. The fourth-order valence-corrected chi connectivity index (χ4v) is 2.06. The molecule has 0 aliphatic heterocycles. The zero-order chi connectivity index (χ0) is 14.7. The van der Waals surface area contributed by atoms with Crippen molar-refractivity contribution >= 4 is 22.6 Å². The van der Waals surface area contributed by atoms with Gasteiger partial charge in [-0.05, 0) is 35.9 Å². The molecular formula is C16H13N3O2. The van der Waals surface area contributed by atoms with Crippen LogP contribution in [0.4, 0.5) is 5.69 Å². The Morgan fingerprint density at radius 1 is 1.05 bits per heavy atom. The highest BCUT2D eigenvalue weighted by molar-refractivity contribution is 6.05. The van der Waals surface area contributed by atoms with Crippen molar-refractivity contribution in [1.29, 1.82) is 0 Å². The lowest BCUT2D eigenvalue weighted by atomic mass is 10.1. The summed E-state index contributed by atoms with van der Waals surface area (Å²) in [6.07, 6.45) is 3.21. The molecule has 5 nitrogen and oxygen atoms in total. The molecule has 5 heteroatoms. The van der Waals surface area contributed by atoms with E-state index in [1.165, 1.54) is 0 Å². The zero-order valence-corrected chi connectivity index (χ0v) is 11.2. The van der Waals surface area contributed by atoms with E-state index in [1.54, 1.807) is 54.9 Å². The third-order valence-electron chi connectivity index (χ3n) is 3.10. The summed E-state index contributed by atoms with van der Waals surface area (Å²) in [6.45, 7) is -0.0602. The number of benzene rings is 2. The van der Waals surface area contributed by atoms with Crippen LogP contribution in [-0.4, -0.2) is 21.0 Å². The van der Waals surface area contributed by atoms with Gasteiger partial charge in [0.15, 0.2) is 0 Å². The van der Waals surface area contributed by atoms with Crippen LogP contribution < -0.4 is 5.32 Å². The summed E-state index contributed by atoms with van der Waals surface area (Å²) in [7, 11) is 0. The minimum absolute atomic E-state index is 0.0602. The Morgan fingerprint density at radius 2 is 1.86 bits per heavy atom. The summed E-state index contributed by atoms with van der Waals surface area (Å²) >= 11 is 0. The lowest BCUT2D eigenvalue weighted by molar-refractivity contribution is 0.102. The number of carbonyl (C=O) groups excluding carboxylic acids is 1. The van der Waals surface area contributed by atoms with Gasteiger partial charge in [0.05, 0.1) is 17.6 Å². The molecule has 0 aliphatic rings. The molecule has 0 saturated carbocycles. The highest BCUT2D eigenvalue weighted by Gasteiger charge is 2.08. The lowest BCUT2D eigenvalue weighted by Gasteiger charge is -2.07. The van der Waals surface area contributed by atoms with E-state index in [-0.39, 0.29) is 12.5 Å². The highest BCUT2D eigenvalue weighted by atomic mass is 16.3. The maximum absolute atomic E-state index is 12.2. The second-order valence-corrected chi connectivity index (χ2v) is 4.57. The molecule has 2 N–H and O–H groups in total. The number of nitrogens with one attached hydrogen (secondary N) is 1. The number of rotatable bonds is 3. The monoisotopic (exact) mass is 279 g/mol. The number of nitrogens with zero attached hydrogens (tertiary/aromatic N) is 2. The van der Waals surface area contributed by atoms with Gasteiger partial charge in [0, 0.05) is 23.6 Å². The number of fused-ring (bicyclic) bond motifs is 1. The number of carbonyl (C=O) groups is 1. The fraction of sp³-hybridized carbons (Fsp3) is 0.0625. The van der Waals surface area contributed by atoms with Crippen molar-refractivity contribution in [3.8, 4) is 0 Å². The van der Waals surface area contributed by atoms with E-state index in [4.69, 9.17) is 5.11 Å². The standard InChI is InChI=1S/C16H13N3O2/c20-10-11-2-1-3-13(8-11)19-16(21)12-4-5-14-15(9-12)18-7-6-17-14/h1-9,20H,10H2,(H,19,21). The zero-order valence-electron chi connectivity index (χ0n) is 11.2. The molecule has 0 atom stereocenters. The van der Waals surface area contributed by atoms with Gasteiger partial charge in [0.25, 0.3) is 5.91 Å². The van der Waals surface area contributed by atoms with Crippen LogP contribution in [0.15, 0.2) is 54.9 Å². The molecule has 21 heavy (non-hydrogen) atoms. The Labute approximate surface area is 121 Å². The van der Waals surface area contributed by atoms with Crippen LogP contribution >= 0.6 is 0 Å². The number of hydrogen-bond acceptors (Lipinski definition) is 4. The number of aliphatic hydroxyl groups is 1. The fourth-order valence-electron chi connectivity index (χ4n) is 2.06. The molecule has 1 aromatic heterocycles. The molecule has 1 amide bonds. The molecule has 0 radical (unpaired) electrons. The van der Waals surface area contributed by atoms with E-state index in [0.717, 1.165) is 11.1 Å². The van der Waals surface area contributed by atoms with Crippen LogP contribution in [0.25, 0.3) is 11.0 Å². The van der Waals surface area contributed by atoms with E-state index in [2.05, 4.69) is 15.3 Å². The normalized spacial score (nSPS) is 10.5. The van der Waals surface area contributed by atoms with Gasteiger partial charge in [-0.2, -0.15) is 0 Å². The van der Waals surface area contributed by atoms with E-state index in [0.29, 0.717) is 16.8 Å². The van der Waals surface area contributed by atoms with Crippen LogP contribution in [0, 0.1) is 0 Å². The van der Waals surface area contributed by atoms with Crippen molar-refractivity contribution in [2.45, 2.75) is 6.61 Å². The minimum atomic E-state index is -0.224. The summed E-state index contributed by atoms with van der Waals surface area (Å²) in [5, 5.41) is 11.9. The molecule has 0 bridgehead atoms. The molecule has 2 aromatic carbocycles. The van der Waals surface area contributed by atoms with Gasteiger partial charge in [0.1, 0.15) is 0 Å². The van der Waals surface area contributed by atoms with Crippen LogP contribution in [0.5, 0.6) is 0 Å².